The van der Waals surface area contributed by atoms with Gasteiger partial charge in [0.15, 0.2) is 5.82 Å². The molecule has 4 N–H and O–H groups in total. The molecular formula is C22H15N7O. The lowest BCUT2D eigenvalue weighted by molar-refractivity contribution is 0.102. The number of hydrogen-bond acceptors (Lipinski definition) is 4. The highest BCUT2D eigenvalue weighted by molar-refractivity contribution is 6.07. The van der Waals surface area contributed by atoms with Gasteiger partial charge in [0.2, 0.25) is 0 Å². The molecule has 144 valence electrons. The van der Waals surface area contributed by atoms with Gasteiger partial charge in [-0.1, -0.05) is 12.1 Å². The van der Waals surface area contributed by atoms with Crippen molar-refractivity contribution in [2.24, 2.45) is 0 Å². The number of hydrogen-bond donors (Lipinski definition) is 4. The number of carbonyl (C=O) groups is 1. The molecule has 6 rings (SSSR count). The van der Waals surface area contributed by atoms with Crippen LogP contribution in [0.1, 0.15) is 10.4 Å². The van der Waals surface area contributed by atoms with Gasteiger partial charge in [0.05, 0.1) is 28.3 Å². The number of nitrogens with one attached hydrogen (secondary N) is 4. The quantitative estimate of drug-likeness (QED) is 0.360. The summed E-state index contributed by atoms with van der Waals surface area (Å²) in [5, 5.41) is 19.1. The molecule has 30 heavy (non-hydrogen) atoms. The molecule has 0 fully saturated rings. The number of carbonyl (C=O) groups excluding carboxylic acids is 1. The summed E-state index contributed by atoms with van der Waals surface area (Å²) in [6.45, 7) is 0. The van der Waals surface area contributed by atoms with Crippen molar-refractivity contribution in [1.82, 2.24) is 30.4 Å². The molecule has 3 heterocycles. The molecule has 0 aliphatic rings. The first-order chi connectivity index (χ1) is 14.7. The van der Waals surface area contributed by atoms with Crippen molar-refractivity contribution in [3.05, 3.63) is 72.4 Å². The lowest BCUT2D eigenvalue weighted by atomic mass is 10.1. The maximum atomic E-state index is 12.7. The van der Waals surface area contributed by atoms with Crippen LogP contribution in [0, 0.1) is 0 Å². The van der Waals surface area contributed by atoms with E-state index in [-0.39, 0.29) is 5.91 Å². The Hall–Kier alpha value is -4.46. The van der Waals surface area contributed by atoms with Crippen LogP contribution in [0.5, 0.6) is 0 Å². The monoisotopic (exact) mass is 393 g/mol. The van der Waals surface area contributed by atoms with Gasteiger partial charge in [-0.25, -0.2) is 4.98 Å². The van der Waals surface area contributed by atoms with E-state index in [1.807, 2.05) is 48.5 Å². The summed E-state index contributed by atoms with van der Waals surface area (Å²) in [5.74, 6) is 0.489. The number of fused-ring (bicyclic) bond motifs is 3. The van der Waals surface area contributed by atoms with Crippen molar-refractivity contribution >= 4 is 44.4 Å². The molecule has 0 aliphatic heterocycles. The number of aromatic amines is 3. The van der Waals surface area contributed by atoms with Gasteiger partial charge in [0, 0.05) is 22.0 Å². The van der Waals surface area contributed by atoms with E-state index in [4.69, 9.17) is 0 Å². The summed E-state index contributed by atoms with van der Waals surface area (Å²) < 4.78 is 0. The number of para-hydroxylation sites is 2. The summed E-state index contributed by atoms with van der Waals surface area (Å²) in [5.41, 5.74) is 5.42. The van der Waals surface area contributed by atoms with Crippen LogP contribution in [0.15, 0.2) is 66.9 Å². The fourth-order valence-corrected chi connectivity index (χ4v) is 3.62. The number of anilines is 1. The van der Waals surface area contributed by atoms with Crippen molar-refractivity contribution in [2.75, 3.05) is 5.32 Å². The predicted octanol–water partition coefficient (Wildman–Crippen LogP) is 4.23. The Morgan fingerprint density at radius 1 is 0.900 bits per heavy atom. The molecule has 0 saturated carbocycles. The molecule has 0 aliphatic carbocycles. The fourth-order valence-electron chi connectivity index (χ4n) is 3.62. The molecule has 3 aromatic heterocycles. The minimum absolute atomic E-state index is 0.198. The van der Waals surface area contributed by atoms with Gasteiger partial charge in [-0.2, -0.15) is 10.2 Å². The van der Waals surface area contributed by atoms with Crippen molar-refractivity contribution in [3.8, 4) is 11.5 Å². The Bertz CT molecular complexity index is 1520. The Balaban J connectivity index is 1.32. The lowest BCUT2D eigenvalue weighted by Gasteiger charge is -2.05. The maximum Gasteiger partial charge on any atom is 0.255 e. The van der Waals surface area contributed by atoms with Crippen molar-refractivity contribution in [1.29, 1.82) is 0 Å². The van der Waals surface area contributed by atoms with E-state index < -0.39 is 0 Å². The van der Waals surface area contributed by atoms with Gasteiger partial charge >= 0.3 is 0 Å². The van der Waals surface area contributed by atoms with Crippen LogP contribution in [0.3, 0.4) is 0 Å². The standard InChI is InChI=1S/C22H15N7O/c30-22(24-14-7-5-13-11-23-27-18(13)10-14)12-6-8-15-19(9-12)28-29-20(15)21-25-16-3-1-2-4-17(16)26-21/h1-11H,(H,23,27)(H,24,30)(H,25,26)(H,28,29). The molecule has 1 amide bonds. The van der Waals surface area contributed by atoms with Gasteiger partial charge in [0.25, 0.3) is 5.91 Å². The SMILES string of the molecule is O=C(Nc1ccc2cn[nH]c2c1)c1ccc2c(-c3nc4ccccc4[nH]3)n[nH]c2c1. The molecule has 0 radical (unpaired) electrons. The molecule has 3 aromatic carbocycles. The largest absolute Gasteiger partial charge is 0.337 e. The van der Waals surface area contributed by atoms with E-state index in [2.05, 4.69) is 35.7 Å². The first kappa shape index (κ1) is 16.5. The molecule has 0 saturated heterocycles. The first-order valence-electron chi connectivity index (χ1n) is 9.42. The third kappa shape index (κ3) is 2.62. The van der Waals surface area contributed by atoms with Crippen molar-refractivity contribution < 1.29 is 4.79 Å². The van der Waals surface area contributed by atoms with Crippen LogP contribution < -0.4 is 5.32 Å². The van der Waals surface area contributed by atoms with Crippen molar-refractivity contribution in [3.63, 3.8) is 0 Å². The number of amides is 1. The van der Waals surface area contributed by atoms with Gasteiger partial charge in [-0.15, -0.1) is 0 Å². The zero-order chi connectivity index (χ0) is 20.1. The maximum absolute atomic E-state index is 12.7. The summed E-state index contributed by atoms with van der Waals surface area (Å²) >= 11 is 0. The summed E-state index contributed by atoms with van der Waals surface area (Å²) in [6, 6.07) is 18.9. The van der Waals surface area contributed by atoms with Crippen LogP contribution in [0.4, 0.5) is 5.69 Å². The first-order valence-corrected chi connectivity index (χ1v) is 9.42. The Kier molecular flexibility index (Phi) is 3.45. The summed E-state index contributed by atoms with van der Waals surface area (Å²) in [6.07, 6.45) is 1.74. The Morgan fingerprint density at radius 2 is 1.83 bits per heavy atom. The summed E-state index contributed by atoms with van der Waals surface area (Å²) in [4.78, 5) is 20.6. The molecule has 0 bridgehead atoms. The molecule has 0 spiro atoms. The number of H-pyrrole nitrogens is 3. The van der Waals surface area contributed by atoms with Crippen LogP contribution in [0.25, 0.3) is 44.4 Å². The van der Waals surface area contributed by atoms with Crippen molar-refractivity contribution in [2.45, 2.75) is 0 Å². The van der Waals surface area contributed by atoms with Crippen LogP contribution in [-0.4, -0.2) is 36.3 Å². The third-order valence-electron chi connectivity index (χ3n) is 5.14. The highest BCUT2D eigenvalue weighted by atomic mass is 16.1. The van der Waals surface area contributed by atoms with E-state index in [9.17, 15) is 4.79 Å². The van der Waals surface area contributed by atoms with Crippen LogP contribution >= 0.6 is 0 Å². The molecule has 0 atom stereocenters. The van der Waals surface area contributed by atoms with Gasteiger partial charge in [-0.3, -0.25) is 15.0 Å². The van der Waals surface area contributed by atoms with E-state index in [0.717, 1.165) is 38.5 Å². The average molecular weight is 393 g/mol. The minimum atomic E-state index is -0.198. The van der Waals surface area contributed by atoms with E-state index in [1.54, 1.807) is 18.3 Å². The molecule has 8 nitrogen and oxygen atoms in total. The number of nitrogens with zero attached hydrogens (tertiary/aromatic N) is 3. The number of benzene rings is 3. The highest BCUT2D eigenvalue weighted by Crippen LogP contribution is 2.27. The Morgan fingerprint density at radius 3 is 2.77 bits per heavy atom. The second kappa shape index (κ2) is 6.28. The van der Waals surface area contributed by atoms with Gasteiger partial charge in [0.1, 0.15) is 5.69 Å². The second-order valence-corrected chi connectivity index (χ2v) is 7.06. The second-order valence-electron chi connectivity index (χ2n) is 7.06. The van der Waals surface area contributed by atoms with E-state index in [1.165, 1.54) is 0 Å². The molecule has 0 unspecified atom stereocenters. The average Bonchev–Trinajstić information content (AvgIpc) is 3.49. The number of imidazole rings is 1. The third-order valence-corrected chi connectivity index (χ3v) is 5.14. The lowest BCUT2D eigenvalue weighted by Crippen LogP contribution is -2.11. The zero-order valence-electron chi connectivity index (χ0n) is 15.6. The number of rotatable bonds is 3. The Labute approximate surface area is 169 Å². The highest BCUT2D eigenvalue weighted by Gasteiger charge is 2.15. The topological polar surface area (TPSA) is 115 Å². The normalized spacial score (nSPS) is 11.5. The predicted molar refractivity (Wildman–Crippen MR) is 115 cm³/mol. The number of aromatic nitrogens is 6. The van der Waals surface area contributed by atoms with Gasteiger partial charge in [-0.05, 0) is 48.5 Å². The molecule has 6 aromatic rings. The molecular weight excluding hydrogens is 378 g/mol. The smallest absolute Gasteiger partial charge is 0.255 e. The van der Waals surface area contributed by atoms with Crippen LogP contribution in [0.2, 0.25) is 0 Å². The minimum Gasteiger partial charge on any atom is -0.337 e. The fraction of sp³-hybridized carbons (Fsp3) is 0. The summed E-state index contributed by atoms with van der Waals surface area (Å²) in [7, 11) is 0. The van der Waals surface area contributed by atoms with E-state index in [0.29, 0.717) is 17.1 Å². The van der Waals surface area contributed by atoms with Gasteiger partial charge < -0.3 is 10.3 Å². The van der Waals surface area contributed by atoms with E-state index >= 15 is 0 Å². The zero-order valence-corrected chi connectivity index (χ0v) is 15.6. The van der Waals surface area contributed by atoms with Crippen LogP contribution in [-0.2, 0) is 0 Å². The molecule has 8 heteroatoms.